The van der Waals surface area contributed by atoms with Crippen LogP contribution < -0.4 is 11.1 Å². The molecule has 0 aliphatic carbocycles. The van der Waals surface area contributed by atoms with Crippen molar-refractivity contribution in [3.63, 3.8) is 0 Å². The largest absolute Gasteiger partial charge is 0.385 e. The molecule has 2 aromatic rings. The number of aryl methyl sites for hydroxylation is 4. The maximum absolute atomic E-state index is 8.09. The highest BCUT2D eigenvalue weighted by atomic mass is 35.5. The van der Waals surface area contributed by atoms with Gasteiger partial charge in [0.2, 0.25) is 0 Å². The molecule has 0 saturated carbocycles. The van der Waals surface area contributed by atoms with Gasteiger partial charge >= 0.3 is 0 Å². The minimum Gasteiger partial charge on any atom is -0.385 e. The molecule has 4 N–H and O–H groups in total. The van der Waals surface area contributed by atoms with Crippen LogP contribution in [0.4, 0.5) is 5.82 Å². The topological polar surface area (TPSA) is 87.7 Å². The number of allylic oxidation sites excluding steroid dienone is 1. The van der Waals surface area contributed by atoms with Crippen molar-refractivity contribution in [1.29, 1.82) is 5.41 Å². The summed E-state index contributed by atoms with van der Waals surface area (Å²) in [6.45, 7) is 5.92. The molecule has 0 fully saturated rings. The summed E-state index contributed by atoms with van der Waals surface area (Å²) in [5.74, 6) is 1.43. The van der Waals surface area contributed by atoms with E-state index in [2.05, 4.69) is 47.3 Å². The van der Waals surface area contributed by atoms with Crippen LogP contribution in [0, 0.1) is 26.2 Å². The number of anilines is 1. The van der Waals surface area contributed by atoms with E-state index in [9.17, 15) is 0 Å². The number of nitrogens with two attached hydrogens (primary N) is 1. The lowest BCUT2D eigenvalue weighted by molar-refractivity contribution is 1.01. The summed E-state index contributed by atoms with van der Waals surface area (Å²) in [6, 6.07) is 7.97. The maximum Gasteiger partial charge on any atom is 0.136 e. The van der Waals surface area contributed by atoms with Crippen molar-refractivity contribution < 1.29 is 0 Å². The Labute approximate surface area is 147 Å². The van der Waals surface area contributed by atoms with Crippen LogP contribution in [-0.2, 0) is 6.42 Å². The van der Waals surface area contributed by atoms with E-state index in [0.29, 0.717) is 34.7 Å². The predicted molar refractivity (Wildman–Crippen MR) is 99.6 cm³/mol. The summed E-state index contributed by atoms with van der Waals surface area (Å²) in [4.78, 5) is 8.19. The number of hydrogen-bond acceptors (Lipinski definition) is 5. The van der Waals surface area contributed by atoms with Gasteiger partial charge in [-0.2, -0.15) is 0 Å². The number of rotatable bonds is 6. The van der Waals surface area contributed by atoms with Gasteiger partial charge in [-0.1, -0.05) is 35.4 Å². The molecule has 6 heteroatoms. The maximum atomic E-state index is 8.09. The molecular formula is C18H22ClN5. The monoisotopic (exact) mass is 343 g/mol. The Morgan fingerprint density at radius 1 is 1.25 bits per heavy atom. The third-order valence-electron chi connectivity index (χ3n) is 3.58. The highest BCUT2D eigenvalue weighted by Gasteiger charge is 2.04. The zero-order chi connectivity index (χ0) is 17.7. The molecule has 1 heterocycles. The zero-order valence-corrected chi connectivity index (χ0v) is 14.9. The fourth-order valence-electron chi connectivity index (χ4n) is 2.38. The lowest BCUT2D eigenvalue weighted by atomic mass is 10.00. The van der Waals surface area contributed by atoms with E-state index >= 15 is 0 Å². The third kappa shape index (κ3) is 5.35. The molecule has 0 bridgehead atoms. The van der Waals surface area contributed by atoms with Gasteiger partial charge in [-0.25, -0.2) is 9.97 Å². The Morgan fingerprint density at radius 3 is 2.71 bits per heavy atom. The van der Waals surface area contributed by atoms with Gasteiger partial charge in [0.1, 0.15) is 22.6 Å². The summed E-state index contributed by atoms with van der Waals surface area (Å²) in [7, 11) is 0. The van der Waals surface area contributed by atoms with Gasteiger partial charge in [-0.05, 0) is 50.8 Å². The van der Waals surface area contributed by atoms with Crippen LogP contribution in [0.1, 0.15) is 28.9 Å². The Balaban J connectivity index is 1.97. The minimum absolute atomic E-state index is 0.350. The molecular weight excluding hydrogens is 322 g/mol. The van der Waals surface area contributed by atoms with Gasteiger partial charge in [0.05, 0.1) is 0 Å². The highest BCUT2D eigenvalue weighted by Crippen LogP contribution is 2.14. The predicted octanol–water partition coefficient (Wildman–Crippen LogP) is 3.92. The molecule has 0 radical (unpaired) electrons. The van der Waals surface area contributed by atoms with Gasteiger partial charge in [0.15, 0.2) is 0 Å². The van der Waals surface area contributed by atoms with Crippen LogP contribution in [0.5, 0.6) is 0 Å². The minimum atomic E-state index is 0.350. The third-order valence-corrected chi connectivity index (χ3v) is 3.77. The van der Waals surface area contributed by atoms with Crippen LogP contribution in [0.25, 0.3) is 0 Å². The lowest BCUT2D eigenvalue weighted by Gasteiger charge is -2.09. The number of benzene rings is 1. The average Bonchev–Trinajstić information content (AvgIpc) is 2.47. The fraction of sp³-hybridized carbons (Fsp3) is 0.278. The molecule has 1 aromatic heterocycles. The van der Waals surface area contributed by atoms with Crippen molar-refractivity contribution >= 4 is 23.1 Å². The Hall–Kier alpha value is -2.40. The number of nitrogens with zero attached hydrogens (tertiary/aromatic N) is 2. The first-order valence-electron chi connectivity index (χ1n) is 7.72. The van der Waals surface area contributed by atoms with Crippen LogP contribution in [0.3, 0.4) is 0 Å². The number of aromatic nitrogens is 2. The number of hydrogen-bond donors (Lipinski definition) is 3. The highest BCUT2D eigenvalue weighted by molar-refractivity contribution is 6.29. The second kappa shape index (κ2) is 7.93. The van der Waals surface area contributed by atoms with Crippen LogP contribution in [0.2, 0.25) is 5.15 Å². The molecule has 0 aliphatic rings. The molecule has 2 rings (SSSR count). The normalized spacial score (nSPS) is 11.4. The Kier molecular flexibility index (Phi) is 5.93. The van der Waals surface area contributed by atoms with E-state index < -0.39 is 0 Å². The SMILES string of the molecule is Cc1ccc(C)c(CCC(=N)/C=C(\N)Nc2cc(Cl)nc(C)n2)c1. The van der Waals surface area contributed by atoms with E-state index in [4.69, 9.17) is 22.7 Å². The molecule has 0 aliphatic heterocycles. The summed E-state index contributed by atoms with van der Waals surface area (Å²) in [5.41, 5.74) is 10.1. The fourth-order valence-corrected chi connectivity index (χ4v) is 2.60. The van der Waals surface area contributed by atoms with Gasteiger partial charge < -0.3 is 16.5 Å². The quantitative estimate of drug-likeness (QED) is 0.548. The second-order valence-electron chi connectivity index (χ2n) is 5.80. The molecule has 24 heavy (non-hydrogen) atoms. The number of nitrogens with one attached hydrogen (secondary N) is 2. The molecule has 5 nitrogen and oxygen atoms in total. The first kappa shape index (κ1) is 17.9. The van der Waals surface area contributed by atoms with E-state index in [0.717, 1.165) is 6.42 Å². The van der Waals surface area contributed by atoms with Crippen LogP contribution in [-0.4, -0.2) is 15.7 Å². The molecule has 0 atom stereocenters. The summed E-state index contributed by atoms with van der Waals surface area (Å²) in [5, 5.41) is 11.4. The van der Waals surface area contributed by atoms with Crippen molar-refractivity contribution in [3.05, 3.63) is 63.8 Å². The van der Waals surface area contributed by atoms with Gasteiger partial charge in [0.25, 0.3) is 0 Å². The van der Waals surface area contributed by atoms with Crippen molar-refractivity contribution in [2.75, 3.05) is 5.32 Å². The van der Waals surface area contributed by atoms with Crippen molar-refractivity contribution in [1.82, 2.24) is 9.97 Å². The van der Waals surface area contributed by atoms with Gasteiger partial charge in [-0.15, -0.1) is 0 Å². The smallest absolute Gasteiger partial charge is 0.136 e. The van der Waals surface area contributed by atoms with Crippen LogP contribution >= 0.6 is 11.6 Å². The van der Waals surface area contributed by atoms with E-state index in [-0.39, 0.29) is 0 Å². The van der Waals surface area contributed by atoms with Crippen LogP contribution in [0.15, 0.2) is 36.2 Å². The summed E-state index contributed by atoms with van der Waals surface area (Å²) in [6.07, 6.45) is 3.04. The van der Waals surface area contributed by atoms with Crippen molar-refractivity contribution in [2.45, 2.75) is 33.6 Å². The summed E-state index contributed by atoms with van der Waals surface area (Å²) < 4.78 is 0. The Bertz CT molecular complexity index is 763. The van der Waals surface area contributed by atoms with Crippen molar-refractivity contribution in [3.8, 4) is 0 Å². The molecule has 0 amide bonds. The zero-order valence-electron chi connectivity index (χ0n) is 14.2. The van der Waals surface area contributed by atoms with Gasteiger partial charge in [-0.3, -0.25) is 0 Å². The summed E-state index contributed by atoms with van der Waals surface area (Å²) >= 11 is 5.89. The lowest BCUT2D eigenvalue weighted by Crippen LogP contribution is -2.13. The average molecular weight is 344 g/mol. The molecule has 0 spiro atoms. The van der Waals surface area contributed by atoms with Gasteiger partial charge in [0, 0.05) is 11.8 Å². The number of halogens is 1. The molecule has 0 saturated heterocycles. The van der Waals surface area contributed by atoms with E-state index in [1.165, 1.54) is 16.7 Å². The first-order chi connectivity index (χ1) is 11.3. The van der Waals surface area contributed by atoms with E-state index in [1.807, 2.05) is 0 Å². The second-order valence-corrected chi connectivity index (χ2v) is 6.19. The Morgan fingerprint density at radius 2 is 2.00 bits per heavy atom. The first-order valence-corrected chi connectivity index (χ1v) is 8.10. The van der Waals surface area contributed by atoms with E-state index in [1.54, 1.807) is 19.1 Å². The standard InChI is InChI=1S/C18H22ClN5/c1-11-4-5-12(2)14(8-11)6-7-15(20)9-17(21)24-18-10-16(19)22-13(3)23-18/h4-5,8-10,20H,6-7,21H2,1-3H3,(H,22,23,24)/b17-9+,20-15?. The molecule has 0 unspecified atom stereocenters. The molecule has 1 aromatic carbocycles. The van der Waals surface area contributed by atoms with Crippen molar-refractivity contribution in [2.24, 2.45) is 5.73 Å². The molecule has 126 valence electrons.